The van der Waals surface area contributed by atoms with Gasteiger partial charge in [-0.25, -0.2) is 4.79 Å². The van der Waals surface area contributed by atoms with Crippen LogP contribution in [0.25, 0.3) is 0 Å². The molecule has 1 atom stereocenters. The topological polar surface area (TPSA) is 57.5 Å². The van der Waals surface area contributed by atoms with E-state index in [9.17, 15) is 9.90 Å². The minimum Gasteiger partial charge on any atom is -0.479 e. The molecule has 0 heterocycles. The molecule has 3 nitrogen and oxygen atoms in total. The Morgan fingerprint density at radius 3 is 2.43 bits per heavy atom. The zero-order chi connectivity index (χ0) is 10.9. The van der Waals surface area contributed by atoms with Gasteiger partial charge in [-0.05, 0) is 36.6 Å². The zero-order valence-electron chi connectivity index (χ0n) is 7.91. The summed E-state index contributed by atoms with van der Waals surface area (Å²) < 4.78 is 0.813. The molecule has 1 aromatic rings. The smallest absolute Gasteiger partial charge is 0.337 e. The summed E-state index contributed by atoms with van der Waals surface area (Å²) in [6, 6.07) is 3.31. The van der Waals surface area contributed by atoms with Crippen molar-refractivity contribution in [2.75, 3.05) is 0 Å². The number of aryl methyl sites for hydroxylation is 1. The molecule has 14 heavy (non-hydrogen) atoms. The van der Waals surface area contributed by atoms with Crippen molar-refractivity contribution in [1.82, 2.24) is 0 Å². The van der Waals surface area contributed by atoms with E-state index in [0.717, 1.165) is 15.6 Å². The number of hydrogen-bond donors (Lipinski definition) is 2. The lowest BCUT2D eigenvalue weighted by Crippen LogP contribution is -2.10. The standard InChI is InChI=1S/C10H11BrO3/c1-5-3-7(9(12)10(13)14)4-8(11)6(5)2/h3-4,9,12H,1-2H3,(H,13,14). The van der Waals surface area contributed by atoms with Crippen molar-refractivity contribution in [3.63, 3.8) is 0 Å². The Morgan fingerprint density at radius 1 is 1.43 bits per heavy atom. The molecule has 0 saturated heterocycles. The van der Waals surface area contributed by atoms with Gasteiger partial charge in [0.15, 0.2) is 6.10 Å². The Labute approximate surface area is 90.5 Å². The number of hydrogen-bond acceptors (Lipinski definition) is 2. The average Bonchev–Trinajstić information content (AvgIpc) is 2.12. The highest BCUT2D eigenvalue weighted by molar-refractivity contribution is 9.10. The van der Waals surface area contributed by atoms with Crippen LogP contribution in [-0.4, -0.2) is 16.2 Å². The summed E-state index contributed by atoms with van der Waals surface area (Å²) in [5.74, 6) is -1.24. The molecule has 0 spiro atoms. The number of carbonyl (C=O) groups is 1. The minimum absolute atomic E-state index is 0.396. The maximum absolute atomic E-state index is 10.5. The van der Waals surface area contributed by atoms with Crippen LogP contribution in [0, 0.1) is 13.8 Å². The van der Waals surface area contributed by atoms with Crippen LogP contribution in [0.4, 0.5) is 0 Å². The molecule has 0 fully saturated rings. The van der Waals surface area contributed by atoms with Crippen molar-refractivity contribution in [3.8, 4) is 0 Å². The van der Waals surface area contributed by atoms with E-state index >= 15 is 0 Å². The van der Waals surface area contributed by atoms with Crippen LogP contribution in [0.15, 0.2) is 16.6 Å². The number of aliphatic hydroxyl groups is 1. The van der Waals surface area contributed by atoms with Crippen molar-refractivity contribution >= 4 is 21.9 Å². The third-order valence-corrected chi connectivity index (χ3v) is 3.00. The Bertz CT molecular complexity index is 351. The number of carboxylic acid groups (broad SMARTS) is 1. The molecular weight excluding hydrogens is 248 g/mol. The summed E-state index contributed by atoms with van der Waals surface area (Å²) in [7, 11) is 0. The first-order chi connectivity index (χ1) is 6.43. The second kappa shape index (κ2) is 4.11. The van der Waals surface area contributed by atoms with Gasteiger partial charge in [0, 0.05) is 4.47 Å². The lowest BCUT2D eigenvalue weighted by molar-refractivity contribution is -0.146. The van der Waals surface area contributed by atoms with E-state index in [1.54, 1.807) is 12.1 Å². The van der Waals surface area contributed by atoms with Gasteiger partial charge in [-0.2, -0.15) is 0 Å². The molecule has 2 N–H and O–H groups in total. The molecule has 0 saturated carbocycles. The lowest BCUT2D eigenvalue weighted by atomic mass is 10.0. The molecule has 0 aliphatic heterocycles. The van der Waals surface area contributed by atoms with Gasteiger partial charge in [-0.1, -0.05) is 22.0 Å². The first-order valence-corrected chi connectivity index (χ1v) is 4.90. The van der Waals surface area contributed by atoms with E-state index < -0.39 is 12.1 Å². The molecule has 0 aliphatic rings. The van der Waals surface area contributed by atoms with Crippen LogP contribution in [0.3, 0.4) is 0 Å². The number of carboxylic acids is 1. The normalized spacial score (nSPS) is 12.6. The van der Waals surface area contributed by atoms with Gasteiger partial charge in [-0.3, -0.25) is 0 Å². The predicted molar refractivity (Wildman–Crippen MR) is 56.2 cm³/mol. The number of rotatable bonds is 2. The molecular formula is C10H11BrO3. The molecule has 0 aromatic heterocycles. The van der Waals surface area contributed by atoms with Gasteiger partial charge in [0.25, 0.3) is 0 Å². The molecule has 0 radical (unpaired) electrons. The SMILES string of the molecule is Cc1cc(C(O)C(=O)O)cc(Br)c1C. The second-order valence-electron chi connectivity index (χ2n) is 3.19. The number of halogens is 1. The third-order valence-electron chi connectivity index (χ3n) is 2.18. The van der Waals surface area contributed by atoms with Gasteiger partial charge < -0.3 is 10.2 Å². The van der Waals surface area contributed by atoms with Crippen molar-refractivity contribution in [2.45, 2.75) is 20.0 Å². The average molecular weight is 259 g/mol. The van der Waals surface area contributed by atoms with Gasteiger partial charge in [0.05, 0.1) is 0 Å². The van der Waals surface area contributed by atoms with Gasteiger partial charge >= 0.3 is 5.97 Å². The quantitative estimate of drug-likeness (QED) is 0.855. The highest BCUT2D eigenvalue weighted by Crippen LogP contribution is 2.25. The van der Waals surface area contributed by atoms with E-state index in [4.69, 9.17) is 5.11 Å². The van der Waals surface area contributed by atoms with Crippen LogP contribution in [-0.2, 0) is 4.79 Å². The van der Waals surface area contributed by atoms with E-state index in [1.807, 2.05) is 13.8 Å². The molecule has 0 amide bonds. The molecule has 1 unspecified atom stereocenters. The number of benzene rings is 1. The Kier molecular flexibility index (Phi) is 3.29. The van der Waals surface area contributed by atoms with E-state index in [2.05, 4.69) is 15.9 Å². The molecule has 4 heteroatoms. The summed E-state index contributed by atoms with van der Waals surface area (Å²) in [4.78, 5) is 10.5. The fraction of sp³-hybridized carbons (Fsp3) is 0.300. The summed E-state index contributed by atoms with van der Waals surface area (Å²) in [5.41, 5.74) is 2.40. The largest absolute Gasteiger partial charge is 0.479 e. The minimum atomic E-state index is -1.45. The summed E-state index contributed by atoms with van der Waals surface area (Å²) in [5, 5.41) is 17.9. The lowest BCUT2D eigenvalue weighted by Gasteiger charge is -2.10. The molecule has 1 rings (SSSR count). The highest BCUT2D eigenvalue weighted by Gasteiger charge is 2.17. The molecule has 76 valence electrons. The summed E-state index contributed by atoms with van der Waals surface area (Å²) in [6.07, 6.45) is -1.45. The van der Waals surface area contributed by atoms with Gasteiger partial charge in [-0.15, -0.1) is 0 Å². The van der Waals surface area contributed by atoms with E-state index in [-0.39, 0.29) is 0 Å². The predicted octanol–water partition coefficient (Wildman–Crippen LogP) is 2.18. The van der Waals surface area contributed by atoms with Crippen molar-refractivity contribution in [2.24, 2.45) is 0 Å². The van der Waals surface area contributed by atoms with Gasteiger partial charge in [0.1, 0.15) is 0 Å². The summed E-state index contributed by atoms with van der Waals surface area (Å²) >= 11 is 3.31. The van der Waals surface area contributed by atoms with Crippen LogP contribution >= 0.6 is 15.9 Å². The first kappa shape index (κ1) is 11.2. The maximum atomic E-state index is 10.5. The molecule has 0 aliphatic carbocycles. The highest BCUT2D eigenvalue weighted by atomic mass is 79.9. The Balaban J connectivity index is 3.19. The Morgan fingerprint density at radius 2 is 2.00 bits per heavy atom. The van der Waals surface area contributed by atoms with Crippen LogP contribution < -0.4 is 0 Å². The fourth-order valence-electron chi connectivity index (χ4n) is 1.14. The van der Waals surface area contributed by atoms with Crippen molar-refractivity contribution < 1.29 is 15.0 Å². The zero-order valence-corrected chi connectivity index (χ0v) is 9.50. The first-order valence-electron chi connectivity index (χ1n) is 4.11. The third kappa shape index (κ3) is 2.13. The van der Waals surface area contributed by atoms with E-state index in [1.165, 1.54) is 0 Å². The fourth-order valence-corrected chi connectivity index (χ4v) is 1.72. The number of aliphatic carboxylic acids is 1. The molecule has 0 bridgehead atoms. The van der Waals surface area contributed by atoms with E-state index in [0.29, 0.717) is 5.56 Å². The monoisotopic (exact) mass is 258 g/mol. The summed E-state index contributed by atoms with van der Waals surface area (Å²) in [6.45, 7) is 3.80. The van der Waals surface area contributed by atoms with Crippen molar-refractivity contribution in [3.05, 3.63) is 33.3 Å². The van der Waals surface area contributed by atoms with Crippen molar-refractivity contribution in [1.29, 1.82) is 0 Å². The van der Waals surface area contributed by atoms with Crippen LogP contribution in [0.5, 0.6) is 0 Å². The van der Waals surface area contributed by atoms with Crippen LogP contribution in [0.2, 0.25) is 0 Å². The Hall–Kier alpha value is -0.870. The van der Waals surface area contributed by atoms with Crippen LogP contribution in [0.1, 0.15) is 22.8 Å². The number of aliphatic hydroxyl groups excluding tert-OH is 1. The maximum Gasteiger partial charge on any atom is 0.337 e. The second-order valence-corrected chi connectivity index (χ2v) is 4.04. The van der Waals surface area contributed by atoms with Gasteiger partial charge in [0.2, 0.25) is 0 Å². The molecule has 1 aromatic carbocycles.